The average molecular weight is 486 g/mol. The lowest BCUT2D eigenvalue weighted by molar-refractivity contribution is 0.131. The van der Waals surface area contributed by atoms with Gasteiger partial charge in [-0.1, -0.05) is 30.3 Å². The van der Waals surface area contributed by atoms with Gasteiger partial charge in [-0.2, -0.15) is 4.98 Å². The lowest BCUT2D eigenvalue weighted by atomic mass is 9.92. The largest absolute Gasteiger partial charge is 0.467 e. The molecule has 5 heterocycles. The summed E-state index contributed by atoms with van der Waals surface area (Å²) in [7, 11) is 0. The van der Waals surface area contributed by atoms with Gasteiger partial charge in [-0.25, -0.2) is 19.9 Å². The number of pyridine rings is 1. The van der Waals surface area contributed by atoms with Crippen LogP contribution in [0.5, 0.6) is 5.19 Å². The van der Waals surface area contributed by atoms with Crippen molar-refractivity contribution in [3.8, 4) is 16.5 Å². The Labute approximate surface area is 200 Å². The van der Waals surface area contributed by atoms with Gasteiger partial charge in [0, 0.05) is 37.0 Å². The van der Waals surface area contributed by atoms with E-state index in [2.05, 4.69) is 50.8 Å². The van der Waals surface area contributed by atoms with Crippen molar-refractivity contribution in [1.82, 2.24) is 30.1 Å². The van der Waals surface area contributed by atoms with Crippen molar-refractivity contribution >= 4 is 39.3 Å². The fourth-order valence-corrected chi connectivity index (χ4v) is 4.83. The van der Waals surface area contributed by atoms with Crippen molar-refractivity contribution in [1.29, 1.82) is 0 Å². The van der Waals surface area contributed by atoms with E-state index in [4.69, 9.17) is 25.8 Å². The minimum atomic E-state index is 0.0470. The fourth-order valence-electron chi connectivity index (χ4n) is 3.86. The molecule has 0 aromatic carbocycles. The second-order valence-electron chi connectivity index (χ2n) is 8.48. The molecule has 4 aromatic rings. The molecular weight excluding hydrogens is 462 g/mol. The van der Waals surface area contributed by atoms with Gasteiger partial charge in [0.25, 0.3) is 5.19 Å². The molecule has 1 aliphatic heterocycles. The second-order valence-corrected chi connectivity index (χ2v) is 9.76. The Kier molecular flexibility index (Phi) is 6.11. The van der Waals surface area contributed by atoms with Crippen LogP contribution in [0.4, 0.5) is 6.01 Å². The number of nitrogens with zero attached hydrogens (tertiary/aromatic N) is 7. The fraction of sp³-hybridized carbons (Fsp3) is 0.455. The van der Waals surface area contributed by atoms with Crippen LogP contribution in [0.25, 0.3) is 21.6 Å². The summed E-state index contributed by atoms with van der Waals surface area (Å²) >= 11 is 7.23. The first kappa shape index (κ1) is 22.0. The van der Waals surface area contributed by atoms with E-state index in [1.54, 1.807) is 12.4 Å². The van der Waals surface area contributed by atoms with E-state index in [9.17, 15) is 0 Å². The highest BCUT2D eigenvalue weighted by molar-refractivity contribution is 7.19. The maximum atomic E-state index is 6.23. The predicted octanol–water partition coefficient (Wildman–Crippen LogP) is 4.99. The van der Waals surface area contributed by atoms with Crippen LogP contribution in [0.15, 0.2) is 29.0 Å². The molecule has 0 aliphatic carbocycles. The lowest BCUT2D eigenvalue weighted by Crippen LogP contribution is -2.38. The molecule has 1 unspecified atom stereocenters. The summed E-state index contributed by atoms with van der Waals surface area (Å²) in [5.41, 5.74) is 2.39. The van der Waals surface area contributed by atoms with Crippen molar-refractivity contribution < 1.29 is 9.26 Å². The van der Waals surface area contributed by atoms with Crippen molar-refractivity contribution in [3.05, 3.63) is 35.6 Å². The molecule has 9 nitrogen and oxygen atoms in total. The van der Waals surface area contributed by atoms with E-state index < -0.39 is 0 Å². The van der Waals surface area contributed by atoms with Gasteiger partial charge in [-0.3, -0.25) is 0 Å². The summed E-state index contributed by atoms with van der Waals surface area (Å²) in [5.74, 6) is 1.43. The Balaban J connectivity index is 1.22. The van der Waals surface area contributed by atoms with Crippen LogP contribution in [0.1, 0.15) is 45.4 Å². The zero-order valence-electron chi connectivity index (χ0n) is 18.6. The third-order valence-electron chi connectivity index (χ3n) is 5.86. The molecule has 1 saturated heterocycles. The molecular formula is C22H24ClN7O2S. The molecule has 0 bridgehead atoms. The third kappa shape index (κ3) is 4.77. The van der Waals surface area contributed by atoms with E-state index in [0.29, 0.717) is 17.1 Å². The van der Waals surface area contributed by atoms with Gasteiger partial charge >= 0.3 is 6.01 Å². The van der Waals surface area contributed by atoms with Crippen molar-refractivity contribution in [2.24, 2.45) is 5.92 Å². The minimum absolute atomic E-state index is 0.0470. The SMILES string of the molecule is CC(C)c1noc(N2CCC(C(C)Oc3nc4ccc(-c5cnc(Cl)nc5)nc4s3)CC2)n1. The van der Waals surface area contributed by atoms with Gasteiger partial charge in [-0.05, 0) is 49.4 Å². The summed E-state index contributed by atoms with van der Waals surface area (Å²) < 4.78 is 11.7. The zero-order chi connectivity index (χ0) is 22.9. The molecule has 1 aliphatic rings. The van der Waals surface area contributed by atoms with Crippen LogP contribution < -0.4 is 9.64 Å². The monoisotopic (exact) mass is 485 g/mol. The Bertz CT molecular complexity index is 1240. The first-order chi connectivity index (χ1) is 16.0. The van der Waals surface area contributed by atoms with Gasteiger partial charge in [0.05, 0.1) is 5.69 Å². The number of thiazole rings is 1. The Morgan fingerprint density at radius 2 is 1.85 bits per heavy atom. The summed E-state index contributed by atoms with van der Waals surface area (Å²) in [6, 6.07) is 4.46. The Morgan fingerprint density at radius 1 is 1.09 bits per heavy atom. The number of hydrogen-bond donors (Lipinski definition) is 0. The van der Waals surface area contributed by atoms with E-state index >= 15 is 0 Å². The smallest absolute Gasteiger partial charge is 0.324 e. The first-order valence-electron chi connectivity index (χ1n) is 11.0. The summed E-state index contributed by atoms with van der Waals surface area (Å²) in [6.07, 6.45) is 5.35. The molecule has 11 heteroatoms. The van der Waals surface area contributed by atoms with Crippen LogP contribution in [0.3, 0.4) is 0 Å². The standard InChI is InChI=1S/C22H24ClN7O2S/c1-12(2)18-28-21(32-29-18)30-8-6-14(7-9-30)13(3)31-22-27-17-5-4-16(26-19(17)33-22)15-10-24-20(23)25-11-15/h4-5,10-14H,6-9H2,1-3H3. The number of anilines is 1. The van der Waals surface area contributed by atoms with Crippen LogP contribution in [0, 0.1) is 5.92 Å². The zero-order valence-corrected chi connectivity index (χ0v) is 20.2. The number of rotatable bonds is 6. The molecule has 0 saturated carbocycles. The number of halogens is 1. The number of piperidine rings is 1. The highest BCUT2D eigenvalue weighted by Gasteiger charge is 2.28. The average Bonchev–Trinajstić information content (AvgIpc) is 3.46. The first-order valence-corrected chi connectivity index (χ1v) is 12.2. The molecule has 5 rings (SSSR count). The van der Waals surface area contributed by atoms with E-state index in [-0.39, 0.29) is 17.3 Å². The lowest BCUT2D eigenvalue weighted by Gasteiger charge is -2.33. The van der Waals surface area contributed by atoms with Crippen molar-refractivity contribution in [3.63, 3.8) is 0 Å². The molecule has 0 radical (unpaired) electrons. The van der Waals surface area contributed by atoms with Crippen molar-refractivity contribution in [2.45, 2.75) is 45.6 Å². The molecule has 172 valence electrons. The molecule has 0 spiro atoms. The molecule has 1 atom stereocenters. The number of hydrogen-bond acceptors (Lipinski definition) is 10. The van der Waals surface area contributed by atoms with Crippen LogP contribution >= 0.6 is 22.9 Å². The minimum Gasteiger partial charge on any atom is -0.467 e. The van der Waals surface area contributed by atoms with Gasteiger partial charge in [0.15, 0.2) is 5.82 Å². The normalized spacial score (nSPS) is 16.0. The topological polar surface area (TPSA) is 103 Å². The number of fused-ring (bicyclic) bond motifs is 1. The highest BCUT2D eigenvalue weighted by atomic mass is 35.5. The van der Waals surface area contributed by atoms with E-state index in [1.165, 1.54) is 11.3 Å². The van der Waals surface area contributed by atoms with Gasteiger partial charge in [0.1, 0.15) is 16.5 Å². The summed E-state index contributed by atoms with van der Waals surface area (Å²) in [6.45, 7) is 7.96. The third-order valence-corrected chi connectivity index (χ3v) is 6.91. The number of aromatic nitrogens is 6. The second kappa shape index (κ2) is 9.18. The van der Waals surface area contributed by atoms with Gasteiger partial charge in [0.2, 0.25) is 5.28 Å². The predicted molar refractivity (Wildman–Crippen MR) is 127 cm³/mol. The highest BCUT2D eigenvalue weighted by Crippen LogP contribution is 2.32. The van der Waals surface area contributed by atoms with Crippen LogP contribution in [-0.4, -0.2) is 49.3 Å². The number of ether oxygens (including phenoxy) is 1. The van der Waals surface area contributed by atoms with Crippen LogP contribution in [-0.2, 0) is 0 Å². The van der Waals surface area contributed by atoms with Gasteiger partial charge in [-0.15, -0.1) is 0 Å². The van der Waals surface area contributed by atoms with Crippen LogP contribution in [0.2, 0.25) is 5.28 Å². The molecule has 0 N–H and O–H groups in total. The molecule has 33 heavy (non-hydrogen) atoms. The summed E-state index contributed by atoms with van der Waals surface area (Å²) in [4.78, 5) is 24.9. The molecule has 0 amide bonds. The van der Waals surface area contributed by atoms with Gasteiger partial charge < -0.3 is 14.2 Å². The van der Waals surface area contributed by atoms with E-state index in [0.717, 1.165) is 53.4 Å². The Hall–Kier alpha value is -2.85. The van der Waals surface area contributed by atoms with E-state index in [1.807, 2.05) is 12.1 Å². The molecule has 1 fully saturated rings. The quantitative estimate of drug-likeness (QED) is 0.349. The Morgan fingerprint density at radius 3 is 2.55 bits per heavy atom. The maximum absolute atomic E-state index is 6.23. The molecule has 4 aromatic heterocycles. The summed E-state index contributed by atoms with van der Waals surface area (Å²) in [5, 5.41) is 4.92. The maximum Gasteiger partial charge on any atom is 0.324 e. The van der Waals surface area contributed by atoms with Crippen molar-refractivity contribution in [2.75, 3.05) is 18.0 Å².